The van der Waals surface area contributed by atoms with Crippen LogP contribution in [0.4, 0.5) is 0 Å². The molecule has 0 spiro atoms. The van der Waals surface area contributed by atoms with E-state index in [0.29, 0.717) is 6.10 Å². The lowest BCUT2D eigenvalue weighted by Gasteiger charge is -2.33. The van der Waals surface area contributed by atoms with Crippen molar-refractivity contribution in [2.24, 2.45) is 5.92 Å². The van der Waals surface area contributed by atoms with E-state index in [4.69, 9.17) is 4.74 Å². The Morgan fingerprint density at radius 3 is 2.59 bits per heavy atom. The molecule has 1 N–H and O–H groups in total. The number of likely N-dealkylation sites (N-methyl/N-ethyl adjacent to an activating group) is 1. The molecule has 2 aromatic rings. The molecule has 3 aliphatic rings. The summed E-state index contributed by atoms with van der Waals surface area (Å²) in [6.45, 7) is 2.74. The van der Waals surface area contributed by atoms with Gasteiger partial charge < -0.3 is 15.0 Å². The second-order valence-electron chi connectivity index (χ2n) is 10.7. The summed E-state index contributed by atoms with van der Waals surface area (Å²) < 4.78 is 5.82. The molecule has 2 aromatic carbocycles. The summed E-state index contributed by atoms with van der Waals surface area (Å²) in [5.41, 5.74) is 6.36. The summed E-state index contributed by atoms with van der Waals surface area (Å²) in [7, 11) is 1.98. The third-order valence-corrected chi connectivity index (χ3v) is 8.06. The Kier molecular flexibility index (Phi) is 7.66. The van der Waals surface area contributed by atoms with Gasteiger partial charge in [0.1, 0.15) is 0 Å². The highest BCUT2D eigenvalue weighted by atomic mass is 16.5. The highest BCUT2D eigenvalue weighted by Gasteiger charge is 2.26. The van der Waals surface area contributed by atoms with Gasteiger partial charge in [0.25, 0.3) is 5.91 Å². The number of carbonyl (C=O) groups excluding carboxylic acids is 1. The standard InChI is InChI=1S/C30H40N2O2/c1-32(30(33)25-12-9-23(10-13-25)8-7-22-5-6-22)28-16-15-26-18-24(11-14-27(26)19-28)20-31-21-29-4-2-3-17-34-29/h9-14,18,22,28-29,31H,2-8,15-17,19-21H2,1H3/t28-,29?/m0/s1. The average Bonchev–Trinajstić information content (AvgIpc) is 3.72. The van der Waals surface area contributed by atoms with Crippen LogP contribution in [-0.2, 0) is 30.5 Å². The van der Waals surface area contributed by atoms with E-state index in [9.17, 15) is 4.79 Å². The Morgan fingerprint density at radius 1 is 1.00 bits per heavy atom. The van der Waals surface area contributed by atoms with Gasteiger partial charge in [0, 0.05) is 38.3 Å². The van der Waals surface area contributed by atoms with Crippen LogP contribution in [0.2, 0.25) is 0 Å². The third-order valence-electron chi connectivity index (χ3n) is 8.06. The first-order chi connectivity index (χ1) is 16.7. The van der Waals surface area contributed by atoms with Crippen molar-refractivity contribution in [3.63, 3.8) is 0 Å². The number of aryl methyl sites for hydroxylation is 2. The summed E-state index contributed by atoms with van der Waals surface area (Å²) in [5, 5.41) is 3.58. The SMILES string of the molecule is CN(C(=O)c1ccc(CCC2CC2)cc1)[C@H]1CCc2cc(CNCC3CCCCO3)ccc2C1. The molecular formula is C30H40N2O2. The second kappa shape index (κ2) is 11.0. The Balaban J connectivity index is 1.12. The van der Waals surface area contributed by atoms with Crippen molar-refractivity contribution in [3.8, 4) is 0 Å². The van der Waals surface area contributed by atoms with Gasteiger partial charge in [0.15, 0.2) is 0 Å². The first kappa shape index (κ1) is 23.6. The van der Waals surface area contributed by atoms with E-state index in [1.165, 1.54) is 60.8 Å². The van der Waals surface area contributed by atoms with Crippen molar-refractivity contribution in [3.05, 3.63) is 70.3 Å². The van der Waals surface area contributed by atoms with Gasteiger partial charge in [0.2, 0.25) is 0 Å². The molecule has 5 rings (SSSR count). The lowest BCUT2D eigenvalue weighted by Crippen LogP contribution is -2.40. The molecule has 0 aromatic heterocycles. The lowest BCUT2D eigenvalue weighted by molar-refractivity contribution is 0.0168. The zero-order valence-corrected chi connectivity index (χ0v) is 20.7. The number of benzene rings is 2. The minimum Gasteiger partial charge on any atom is -0.377 e. The van der Waals surface area contributed by atoms with Gasteiger partial charge in [-0.2, -0.15) is 0 Å². The average molecular weight is 461 g/mol. The fourth-order valence-corrected chi connectivity index (χ4v) is 5.54. The molecule has 1 aliphatic heterocycles. The molecule has 2 aliphatic carbocycles. The molecule has 1 saturated carbocycles. The number of rotatable bonds is 9. The Morgan fingerprint density at radius 2 is 1.82 bits per heavy atom. The monoisotopic (exact) mass is 460 g/mol. The fourth-order valence-electron chi connectivity index (χ4n) is 5.54. The van der Waals surface area contributed by atoms with Crippen molar-refractivity contribution in [2.45, 2.75) is 82.9 Å². The van der Waals surface area contributed by atoms with Crippen LogP contribution < -0.4 is 5.32 Å². The van der Waals surface area contributed by atoms with Crippen molar-refractivity contribution in [2.75, 3.05) is 20.2 Å². The second-order valence-corrected chi connectivity index (χ2v) is 10.7. The molecule has 4 heteroatoms. The van der Waals surface area contributed by atoms with E-state index < -0.39 is 0 Å². The highest BCUT2D eigenvalue weighted by molar-refractivity contribution is 5.94. The van der Waals surface area contributed by atoms with Gasteiger partial charge in [-0.05, 0) is 91.7 Å². The van der Waals surface area contributed by atoms with Gasteiger partial charge >= 0.3 is 0 Å². The quantitative estimate of drug-likeness (QED) is 0.551. The maximum Gasteiger partial charge on any atom is 0.253 e. The molecule has 1 heterocycles. The molecule has 2 atom stereocenters. The summed E-state index contributed by atoms with van der Waals surface area (Å²) in [6, 6.07) is 15.5. The number of ether oxygens (including phenoxy) is 1. The smallest absolute Gasteiger partial charge is 0.253 e. The predicted molar refractivity (Wildman–Crippen MR) is 137 cm³/mol. The molecule has 182 valence electrons. The zero-order chi connectivity index (χ0) is 23.3. The molecule has 2 fully saturated rings. The van der Waals surface area contributed by atoms with E-state index in [0.717, 1.165) is 56.9 Å². The van der Waals surface area contributed by atoms with Crippen LogP contribution in [0.5, 0.6) is 0 Å². The number of fused-ring (bicyclic) bond motifs is 1. The molecule has 0 radical (unpaired) electrons. The van der Waals surface area contributed by atoms with Crippen LogP contribution in [0.1, 0.15) is 77.6 Å². The van der Waals surface area contributed by atoms with Crippen LogP contribution in [0.15, 0.2) is 42.5 Å². The highest BCUT2D eigenvalue weighted by Crippen LogP contribution is 2.33. The molecule has 1 amide bonds. The van der Waals surface area contributed by atoms with Crippen LogP contribution in [0, 0.1) is 5.92 Å². The van der Waals surface area contributed by atoms with Crippen molar-refractivity contribution in [1.82, 2.24) is 10.2 Å². The lowest BCUT2D eigenvalue weighted by atomic mass is 9.86. The largest absolute Gasteiger partial charge is 0.377 e. The summed E-state index contributed by atoms with van der Waals surface area (Å²) in [6.07, 6.45) is 12.3. The first-order valence-electron chi connectivity index (χ1n) is 13.4. The van der Waals surface area contributed by atoms with Crippen molar-refractivity contribution >= 4 is 5.91 Å². The molecule has 4 nitrogen and oxygen atoms in total. The van der Waals surface area contributed by atoms with Gasteiger partial charge in [-0.25, -0.2) is 0 Å². The van der Waals surface area contributed by atoms with Gasteiger partial charge in [-0.1, -0.05) is 43.2 Å². The van der Waals surface area contributed by atoms with Crippen molar-refractivity contribution in [1.29, 1.82) is 0 Å². The van der Waals surface area contributed by atoms with Gasteiger partial charge in [0.05, 0.1) is 6.10 Å². The molecule has 34 heavy (non-hydrogen) atoms. The van der Waals surface area contributed by atoms with E-state index in [-0.39, 0.29) is 11.9 Å². The van der Waals surface area contributed by atoms with Crippen LogP contribution in [0.3, 0.4) is 0 Å². The normalized spacial score (nSPS) is 22.3. The topological polar surface area (TPSA) is 41.6 Å². The van der Waals surface area contributed by atoms with Crippen LogP contribution in [-0.4, -0.2) is 43.2 Å². The van der Waals surface area contributed by atoms with Crippen LogP contribution in [0.25, 0.3) is 0 Å². The van der Waals surface area contributed by atoms with E-state index in [1.54, 1.807) is 0 Å². The molecule has 0 bridgehead atoms. The Labute approximate surface area is 205 Å². The van der Waals surface area contributed by atoms with Crippen molar-refractivity contribution < 1.29 is 9.53 Å². The molecular weight excluding hydrogens is 420 g/mol. The number of hydrogen-bond acceptors (Lipinski definition) is 3. The molecule has 1 saturated heterocycles. The number of hydrogen-bond donors (Lipinski definition) is 1. The predicted octanol–water partition coefficient (Wildman–Crippen LogP) is 5.32. The summed E-state index contributed by atoms with van der Waals surface area (Å²) in [4.78, 5) is 15.1. The summed E-state index contributed by atoms with van der Waals surface area (Å²) >= 11 is 0. The number of nitrogens with zero attached hydrogens (tertiary/aromatic N) is 1. The Hall–Kier alpha value is -2.17. The minimum atomic E-state index is 0.146. The van der Waals surface area contributed by atoms with E-state index in [1.807, 2.05) is 24.1 Å². The van der Waals surface area contributed by atoms with Gasteiger partial charge in [-0.3, -0.25) is 4.79 Å². The zero-order valence-electron chi connectivity index (χ0n) is 20.7. The number of nitrogens with one attached hydrogen (secondary N) is 1. The maximum atomic E-state index is 13.2. The number of carbonyl (C=O) groups is 1. The van der Waals surface area contributed by atoms with E-state index in [2.05, 4.69) is 35.6 Å². The minimum absolute atomic E-state index is 0.146. The fraction of sp³-hybridized carbons (Fsp3) is 0.567. The van der Waals surface area contributed by atoms with Crippen LogP contribution >= 0.6 is 0 Å². The molecule has 1 unspecified atom stereocenters. The third kappa shape index (κ3) is 6.09. The maximum absolute atomic E-state index is 13.2. The first-order valence-corrected chi connectivity index (χ1v) is 13.4. The van der Waals surface area contributed by atoms with E-state index >= 15 is 0 Å². The number of amides is 1. The van der Waals surface area contributed by atoms with Gasteiger partial charge in [-0.15, -0.1) is 0 Å². The Bertz CT molecular complexity index is 960. The summed E-state index contributed by atoms with van der Waals surface area (Å²) in [5.74, 6) is 1.10.